The predicted molar refractivity (Wildman–Crippen MR) is 130 cm³/mol. The molecule has 32 heavy (non-hydrogen) atoms. The van der Waals surface area contributed by atoms with Crippen molar-refractivity contribution in [3.8, 4) is 11.4 Å². The van der Waals surface area contributed by atoms with Crippen LogP contribution >= 0.6 is 0 Å². The zero-order valence-electron chi connectivity index (χ0n) is 20.7. The number of fused-ring (bicyclic) bond motifs is 1. The van der Waals surface area contributed by atoms with Gasteiger partial charge in [0.2, 0.25) is 5.91 Å². The van der Waals surface area contributed by atoms with E-state index in [2.05, 4.69) is 66.0 Å². The first-order valence-electron chi connectivity index (χ1n) is 11.5. The molecule has 0 aromatic carbocycles. The quantitative estimate of drug-likeness (QED) is 0.623. The molecule has 3 rings (SSSR count). The molecule has 176 valence electrons. The van der Waals surface area contributed by atoms with Gasteiger partial charge in [0, 0.05) is 43.6 Å². The van der Waals surface area contributed by atoms with Crippen LogP contribution < -0.4 is 0 Å². The molecular weight excluding hydrogens is 402 g/mol. The Morgan fingerprint density at radius 1 is 1.28 bits per heavy atom. The monoisotopic (exact) mass is 441 g/mol. The van der Waals surface area contributed by atoms with Gasteiger partial charge in [-0.1, -0.05) is 32.9 Å². The highest BCUT2D eigenvalue weighted by molar-refractivity contribution is 5.79. The highest BCUT2D eigenvalue weighted by atomic mass is 16.5. The maximum absolute atomic E-state index is 12.7. The van der Waals surface area contributed by atoms with Gasteiger partial charge in [0.15, 0.2) is 0 Å². The number of aryl methyl sites for hydroxylation is 1. The van der Waals surface area contributed by atoms with Gasteiger partial charge in [0.25, 0.3) is 0 Å². The Kier molecular flexibility index (Phi) is 7.62. The molecule has 0 bridgehead atoms. The molecule has 7 nitrogen and oxygen atoms in total. The van der Waals surface area contributed by atoms with Crippen LogP contribution in [-0.4, -0.2) is 77.8 Å². The fraction of sp³-hybridized carbons (Fsp3) is 0.600. The van der Waals surface area contributed by atoms with Crippen LogP contribution in [0.2, 0.25) is 0 Å². The lowest BCUT2D eigenvalue weighted by Gasteiger charge is -2.32. The molecule has 2 heterocycles. The van der Waals surface area contributed by atoms with Crippen LogP contribution in [0, 0.1) is 12.3 Å². The molecular formula is C25H39N5O2. The topological polar surface area (TPSA) is 77.2 Å². The van der Waals surface area contributed by atoms with Crippen molar-refractivity contribution in [1.82, 2.24) is 25.0 Å². The molecule has 2 aromatic rings. The SMILES string of the molecule is COCC(=O)N(CCN(C)C)C1C=Cc2cc(-c3n[nH]c(C)c3CCC(C)(C)C)[nH]c2C1. The van der Waals surface area contributed by atoms with E-state index in [1.165, 1.54) is 11.1 Å². The Balaban J connectivity index is 1.81. The Morgan fingerprint density at radius 3 is 2.69 bits per heavy atom. The minimum Gasteiger partial charge on any atom is -0.375 e. The maximum atomic E-state index is 12.7. The minimum absolute atomic E-state index is 0.0119. The first-order valence-corrected chi connectivity index (χ1v) is 11.5. The van der Waals surface area contributed by atoms with E-state index in [0.717, 1.165) is 48.6 Å². The number of hydrogen-bond acceptors (Lipinski definition) is 4. The van der Waals surface area contributed by atoms with Crippen LogP contribution in [0.5, 0.6) is 0 Å². The summed E-state index contributed by atoms with van der Waals surface area (Å²) in [6.07, 6.45) is 7.12. The van der Waals surface area contributed by atoms with E-state index in [-0.39, 0.29) is 24.0 Å². The molecule has 0 fully saturated rings. The molecule has 1 atom stereocenters. The number of carbonyl (C=O) groups excluding carboxylic acids is 1. The van der Waals surface area contributed by atoms with E-state index >= 15 is 0 Å². The lowest BCUT2D eigenvalue weighted by molar-refractivity contribution is -0.136. The van der Waals surface area contributed by atoms with Crippen molar-refractivity contribution in [3.05, 3.63) is 34.7 Å². The second kappa shape index (κ2) is 10.0. The summed E-state index contributed by atoms with van der Waals surface area (Å²) < 4.78 is 5.13. The summed E-state index contributed by atoms with van der Waals surface area (Å²) in [5.74, 6) is 0.0200. The van der Waals surface area contributed by atoms with Crippen LogP contribution in [0.15, 0.2) is 12.1 Å². The average molecular weight is 442 g/mol. The normalized spacial score (nSPS) is 15.9. The van der Waals surface area contributed by atoms with Crippen molar-refractivity contribution in [2.45, 2.75) is 53.0 Å². The van der Waals surface area contributed by atoms with E-state index in [4.69, 9.17) is 4.74 Å². The Morgan fingerprint density at radius 2 is 2.03 bits per heavy atom. The van der Waals surface area contributed by atoms with Crippen LogP contribution in [0.1, 0.15) is 49.7 Å². The van der Waals surface area contributed by atoms with Crippen LogP contribution in [0.3, 0.4) is 0 Å². The van der Waals surface area contributed by atoms with E-state index in [9.17, 15) is 4.79 Å². The molecule has 2 aromatic heterocycles. The van der Waals surface area contributed by atoms with Crippen molar-refractivity contribution in [2.24, 2.45) is 5.41 Å². The molecule has 0 radical (unpaired) electrons. The summed E-state index contributed by atoms with van der Waals surface area (Å²) in [6, 6.07) is 2.19. The molecule has 0 spiro atoms. The van der Waals surface area contributed by atoms with Gasteiger partial charge in [0.05, 0.1) is 11.7 Å². The summed E-state index contributed by atoms with van der Waals surface area (Å²) in [4.78, 5) is 20.3. The summed E-state index contributed by atoms with van der Waals surface area (Å²) in [5.41, 5.74) is 7.05. The smallest absolute Gasteiger partial charge is 0.249 e. The van der Waals surface area contributed by atoms with Crippen molar-refractivity contribution in [2.75, 3.05) is 40.9 Å². The van der Waals surface area contributed by atoms with Gasteiger partial charge in [-0.05, 0) is 50.9 Å². The van der Waals surface area contributed by atoms with Gasteiger partial charge in [-0.25, -0.2) is 0 Å². The van der Waals surface area contributed by atoms with Gasteiger partial charge < -0.3 is 19.5 Å². The fourth-order valence-corrected chi connectivity index (χ4v) is 4.14. The number of nitrogens with one attached hydrogen (secondary N) is 2. The van der Waals surface area contributed by atoms with Crippen molar-refractivity contribution in [1.29, 1.82) is 0 Å². The molecule has 0 saturated carbocycles. The molecule has 0 saturated heterocycles. The number of nitrogens with zero attached hydrogens (tertiary/aromatic N) is 3. The predicted octanol–water partition coefficient (Wildman–Crippen LogP) is 3.67. The number of aromatic amines is 2. The summed E-state index contributed by atoms with van der Waals surface area (Å²) >= 11 is 0. The summed E-state index contributed by atoms with van der Waals surface area (Å²) in [6.45, 7) is 10.5. The highest BCUT2D eigenvalue weighted by Gasteiger charge is 2.27. The number of hydrogen-bond donors (Lipinski definition) is 2. The number of carbonyl (C=O) groups is 1. The van der Waals surface area contributed by atoms with Crippen molar-refractivity contribution >= 4 is 12.0 Å². The highest BCUT2D eigenvalue weighted by Crippen LogP contribution is 2.32. The van der Waals surface area contributed by atoms with Crippen LogP contribution in [0.25, 0.3) is 17.5 Å². The van der Waals surface area contributed by atoms with Gasteiger partial charge in [-0.3, -0.25) is 9.89 Å². The maximum Gasteiger partial charge on any atom is 0.249 e. The standard InChI is InChI=1S/C25H39N5O2/c1-17-20(10-11-25(2,3)4)24(28-27-17)22-14-18-8-9-19(15-21(18)26-22)30(13-12-29(5)6)23(31)16-32-7/h8-9,14,19,26H,10-13,15-16H2,1-7H3,(H,27,28). The first-order chi connectivity index (χ1) is 15.1. The number of aromatic nitrogens is 3. The molecule has 1 aliphatic carbocycles. The van der Waals surface area contributed by atoms with Crippen LogP contribution in [0.4, 0.5) is 0 Å². The van der Waals surface area contributed by atoms with E-state index in [0.29, 0.717) is 6.54 Å². The third-order valence-corrected chi connectivity index (χ3v) is 6.08. The zero-order chi connectivity index (χ0) is 23.5. The van der Waals surface area contributed by atoms with E-state index in [1.807, 2.05) is 19.0 Å². The van der Waals surface area contributed by atoms with Gasteiger partial charge in [-0.2, -0.15) is 5.10 Å². The van der Waals surface area contributed by atoms with Gasteiger partial charge >= 0.3 is 0 Å². The Bertz CT molecular complexity index is 948. The van der Waals surface area contributed by atoms with E-state index in [1.54, 1.807) is 7.11 Å². The number of likely N-dealkylation sites (N-methyl/N-ethyl adjacent to an activating group) is 1. The second-order valence-corrected chi connectivity index (χ2v) is 10.3. The van der Waals surface area contributed by atoms with Gasteiger partial charge in [0.1, 0.15) is 12.3 Å². The largest absolute Gasteiger partial charge is 0.375 e. The minimum atomic E-state index is 0.0119. The Labute approximate surface area is 192 Å². The number of H-pyrrole nitrogens is 2. The fourth-order valence-electron chi connectivity index (χ4n) is 4.14. The number of methoxy groups -OCH3 is 1. The summed E-state index contributed by atoms with van der Waals surface area (Å²) in [7, 11) is 5.61. The second-order valence-electron chi connectivity index (χ2n) is 10.3. The van der Waals surface area contributed by atoms with E-state index < -0.39 is 0 Å². The third kappa shape index (κ3) is 5.90. The molecule has 1 aliphatic rings. The summed E-state index contributed by atoms with van der Waals surface area (Å²) in [5, 5.41) is 7.79. The van der Waals surface area contributed by atoms with Crippen molar-refractivity contribution in [3.63, 3.8) is 0 Å². The average Bonchev–Trinajstić information content (AvgIpc) is 3.28. The molecule has 1 amide bonds. The lowest BCUT2D eigenvalue weighted by Crippen LogP contribution is -2.46. The third-order valence-electron chi connectivity index (χ3n) is 6.08. The van der Waals surface area contributed by atoms with Gasteiger partial charge in [-0.15, -0.1) is 0 Å². The molecule has 7 heteroatoms. The Hall–Kier alpha value is -2.38. The molecule has 2 N–H and O–H groups in total. The van der Waals surface area contributed by atoms with Crippen LogP contribution in [-0.2, 0) is 22.4 Å². The number of amides is 1. The zero-order valence-corrected chi connectivity index (χ0v) is 20.7. The number of ether oxygens (including phenoxy) is 1. The number of rotatable bonds is 9. The van der Waals surface area contributed by atoms with Crippen molar-refractivity contribution < 1.29 is 9.53 Å². The first kappa shape index (κ1) is 24.3. The molecule has 1 unspecified atom stereocenters. The lowest BCUT2D eigenvalue weighted by atomic mass is 9.88. The molecule has 0 aliphatic heterocycles.